The monoisotopic (exact) mass is 737 g/mol. The molecular formula is C57H39N. The lowest BCUT2D eigenvalue weighted by Gasteiger charge is -2.27. The zero-order chi connectivity index (χ0) is 38.2. The number of hydrogen-bond acceptors (Lipinski definition) is 0. The van der Waals surface area contributed by atoms with Gasteiger partial charge in [-0.05, 0) is 131 Å². The summed E-state index contributed by atoms with van der Waals surface area (Å²) in [6.45, 7) is 0. The first kappa shape index (κ1) is 33.0. The molecule has 0 radical (unpaired) electrons. The van der Waals surface area contributed by atoms with Crippen molar-refractivity contribution in [3.05, 3.63) is 235 Å². The summed E-state index contributed by atoms with van der Waals surface area (Å²) in [7, 11) is 0. The Morgan fingerprint density at radius 3 is 1.47 bits per heavy atom. The molecule has 0 unspecified atom stereocenters. The third-order valence-corrected chi connectivity index (χ3v) is 13.0. The van der Waals surface area contributed by atoms with Gasteiger partial charge in [0.25, 0.3) is 0 Å². The highest BCUT2D eigenvalue weighted by molar-refractivity contribution is 6.22. The van der Waals surface area contributed by atoms with Gasteiger partial charge in [-0.2, -0.15) is 0 Å². The van der Waals surface area contributed by atoms with Crippen molar-refractivity contribution in [3.63, 3.8) is 0 Å². The zero-order valence-electron chi connectivity index (χ0n) is 32.1. The topological polar surface area (TPSA) is 4.93 Å². The number of rotatable bonds is 5. The van der Waals surface area contributed by atoms with Crippen LogP contribution in [0.5, 0.6) is 0 Å². The van der Waals surface area contributed by atoms with Gasteiger partial charge in [-0.3, -0.25) is 0 Å². The van der Waals surface area contributed by atoms with E-state index in [4.69, 9.17) is 0 Å². The molecule has 0 atom stereocenters. The molecule has 1 aromatic heterocycles. The van der Waals surface area contributed by atoms with Gasteiger partial charge in [0, 0.05) is 11.1 Å². The van der Waals surface area contributed by atoms with Gasteiger partial charge in [0.1, 0.15) is 0 Å². The molecule has 2 aliphatic carbocycles. The molecule has 0 aliphatic heterocycles. The minimum atomic E-state index is -0.0906. The average Bonchev–Trinajstić information content (AvgIpc) is 3.99. The van der Waals surface area contributed by atoms with Gasteiger partial charge in [0.05, 0.1) is 11.4 Å². The summed E-state index contributed by atoms with van der Waals surface area (Å²) in [6.07, 6.45) is 2.04. The second-order valence-electron chi connectivity index (χ2n) is 16.1. The van der Waals surface area contributed by atoms with Crippen LogP contribution in [-0.4, -0.2) is 4.57 Å². The normalized spacial score (nSPS) is 13.5. The Kier molecular flexibility index (Phi) is 7.34. The zero-order valence-corrected chi connectivity index (χ0v) is 32.1. The highest BCUT2D eigenvalue weighted by Gasteiger charge is 2.47. The lowest BCUT2D eigenvalue weighted by atomic mass is 9.75. The fraction of sp³-hybridized carbons (Fsp3) is 0.0526. The molecule has 10 aromatic rings. The first-order chi connectivity index (χ1) is 28.7. The van der Waals surface area contributed by atoms with Gasteiger partial charge in [-0.15, -0.1) is 0 Å². The van der Waals surface area contributed by atoms with Crippen LogP contribution in [0.15, 0.2) is 212 Å². The van der Waals surface area contributed by atoms with Crippen molar-refractivity contribution < 1.29 is 0 Å². The van der Waals surface area contributed by atoms with Crippen molar-refractivity contribution in [2.24, 2.45) is 0 Å². The molecule has 1 heterocycles. The maximum atomic E-state index is 2.57. The van der Waals surface area contributed by atoms with E-state index in [0.29, 0.717) is 0 Å². The molecule has 0 saturated carbocycles. The lowest BCUT2D eigenvalue weighted by molar-refractivity contribution is 0.564. The Balaban J connectivity index is 1.16. The maximum Gasteiger partial charge on any atom is 0.0535 e. The second-order valence-corrected chi connectivity index (χ2v) is 16.1. The molecular weight excluding hydrogens is 699 g/mol. The van der Waals surface area contributed by atoms with Crippen molar-refractivity contribution in [1.82, 2.24) is 4.57 Å². The van der Waals surface area contributed by atoms with Crippen LogP contribution in [-0.2, 0) is 18.3 Å². The second kappa shape index (κ2) is 12.9. The Morgan fingerprint density at radius 2 is 0.828 bits per heavy atom. The van der Waals surface area contributed by atoms with Gasteiger partial charge < -0.3 is 4.57 Å². The lowest BCUT2D eigenvalue weighted by Crippen LogP contribution is -2.25. The molecule has 0 bridgehead atoms. The quantitative estimate of drug-likeness (QED) is 0.155. The predicted octanol–water partition coefficient (Wildman–Crippen LogP) is 14.5. The van der Waals surface area contributed by atoms with Crippen molar-refractivity contribution in [1.29, 1.82) is 0 Å². The molecule has 9 aromatic carbocycles. The minimum Gasteiger partial charge on any atom is -0.309 e. The number of benzene rings is 9. The van der Waals surface area contributed by atoms with E-state index in [0.717, 1.165) is 18.5 Å². The van der Waals surface area contributed by atoms with Crippen LogP contribution in [0, 0.1) is 0 Å². The molecule has 1 nitrogen and oxygen atoms in total. The van der Waals surface area contributed by atoms with E-state index in [9.17, 15) is 0 Å². The van der Waals surface area contributed by atoms with Gasteiger partial charge in [0.15, 0.2) is 0 Å². The van der Waals surface area contributed by atoms with Crippen LogP contribution in [0.25, 0.3) is 83.1 Å². The van der Waals surface area contributed by atoms with Crippen molar-refractivity contribution in [2.75, 3.05) is 0 Å². The molecule has 0 N–H and O–H groups in total. The maximum absolute atomic E-state index is 2.57. The van der Waals surface area contributed by atoms with Crippen LogP contribution < -0.4 is 0 Å². The van der Waals surface area contributed by atoms with E-state index in [1.165, 1.54) is 99.7 Å². The SMILES string of the molecule is c1ccc(-c2c3ccccc3c(-c3ccc4c(c3)C3(Cc5ccccc5C3)c3ccccc3-4)c3cc(-n4c(-c5ccccc5)ccc4-c4ccccc4)ccc23)cc1. The number of hydrogen-bond donors (Lipinski definition) is 0. The van der Waals surface area contributed by atoms with Crippen LogP contribution in [0.3, 0.4) is 0 Å². The highest BCUT2D eigenvalue weighted by atomic mass is 15.0. The minimum absolute atomic E-state index is 0.0906. The molecule has 1 heteroatoms. The summed E-state index contributed by atoms with van der Waals surface area (Å²) in [5.74, 6) is 0. The van der Waals surface area contributed by atoms with Crippen LogP contribution in [0.2, 0.25) is 0 Å². The summed E-state index contributed by atoms with van der Waals surface area (Å²) in [4.78, 5) is 0. The molecule has 0 fully saturated rings. The van der Waals surface area contributed by atoms with Crippen molar-refractivity contribution in [3.8, 4) is 61.6 Å². The van der Waals surface area contributed by atoms with Gasteiger partial charge in [0.2, 0.25) is 0 Å². The average molecular weight is 738 g/mol. The third-order valence-electron chi connectivity index (χ3n) is 13.0. The smallest absolute Gasteiger partial charge is 0.0535 e. The van der Waals surface area contributed by atoms with E-state index in [1.807, 2.05) is 0 Å². The van der Waals surface area contributed by atoms with Crippen LogP contribution >= 0.6 is 0 Å². The summed E-state index contributed by atoms with van der Waals surface area (Å²) < 4.78 is 2.45. The van der Waals surface area contributed by atoms with Crippen molar-refractivity contribution in [2.45, 2.75) is 18.3 Å². The summed E-state index contributed by atoms with van der Waals surface area (Å²) in [5, 5.41) is 5.04. The molecule has 58 heavy (non-hydrogen) atoms. The largest absolute Gasteiger partial charge is 0.309 e. The Hall–Kier alpha value is -7.22. The van der Waals surface area contributed by atoms with Crippen LogP contribution in [0.1, 0.15) is 22.3 Å². The van der Waals surface area contributed by atoms with E-state index in [2.05, 4.69) is 217 Å². The van der Waals surface area contributed by atoms with Crippen LogP contribution in [0.4, 0.5) is 0 Å². The third kappa shape index (κ3) is 4.90. The molecule has 0 amide bonds. The standard InChI is InChI=1S/C57H39N/c1-4-16-38(17-5-1)53-32-33-54(39-18-6-2-7-19-39)58(53)44-29-31-49-50(35-44)56(48-26-13-12-25-47(48)55(49)40-20-8-3-9-21-40)41-28-30-46-45-24-14-15-27-51(45)57(52(46)34-41)36-42-22-10-11-23-43(42)37-57/h1-35H,36-37H2. The Labute approximate surface area is 339 Å². The molecule has 2 aliphatic rings. The first-order valence-corrected chi connectivity index (χ1v) is 20.4. The van der Waals surface area contributed by atoms with E-state index in [1.54, 1.807) is 0 Å². The highest BCUT2D eigenvalue weighted by Crippen LogP contribution is 2.56. The molecule has 0 saturated heterocycles. The fourth-order valence-corrected chi connectivity index (χ4v) is 10.5. The molecule has 272 valence electrons. The number of nitrogens with zero attached hydrogens (tertiary/aromatic N) is 1. The summed E-state index contributed by atoms with van der Waals surface area (Å²) in [6, 6.07) is 79.0. The molecule has 12 rings (SSSR count). The Morgan fingerprint density at radius 1 is 0.328 bits per heavy atom. The predicted molar refractivity (Wildman–Crippen MR) is 243 cm³/mol. The van der Waals surface area contributed by atoms with E-state index >= 15 is 0 Å². The Bertz CT molecular complexity index is 3120. The van der Waals surface area contributed by atoms with Gasteiger partial charge in [-0.1, -0.05) is 182 Å². The van der Waals surface area contributed by atoms with E-state index in [-0.39, 0.29) is 5.41 Å². The van der Waals surface area contributed by atoms with Gasteiger partial charge >= 0.3 is 0 Å². The summed E-state index contributed by atoms with van der Waals surface area (Å²) in [5.41, 5.74) is 19.4. The number of aromatic nitrogens is 1. The number of fused-ring (bicyclic) bond motifs is 8. The van der Waals surface area contributed by atoms with Crippen molar-refractivity contribution >= 4 is 21.5 Å². The summed E-state index contributed by atoms with van der Waals surface area (Å²) >= 11 is 0. The first-order valence-electron chi connectivity index (χ1n) is 20.4. The molecule has 1 spiro atoms. The fourth-order valence-electron chi connectivity index (χ4n) is 10.5. The van der Waals surface area contributed by atoms with Gasteiger partial charge in [-0.25, -0.2) is 0 Å². The van der Waals surface area contributed by atoms with E-state index < -0.39 is 0 Å².